The molecular formula is C29H46N4O8. The Morgan fingerprint density at radius 1 is 0.756 bits per heavy atom. The van der Waals surface area contributed by atoms with E-state index in [2.05, 4.69) is 21.3 Å². The fraction of sp³-hybridized carbons (Fsp3) is 0.724. The molecule has 41 heavy (non-hydrogen) atoms. The molecule has 2 aliphatic carbocycles. The summed E-state index contributed by atoms with van der Waals surface area (Å²) in [5.74, 6) is -4.88. The molecule has 2 aliphatic rings. The highest BCUT2D eigenvalue weighted by atomic mass is 16.4. The van der Waals surface area contributed by atoms with Crippen molar-refractivity contribution in [1.82, 2.24) is 21.3 Å². The molecule has 0 saturated heterocycles. The quantitative estimate of drug-likeness (QED) is 0.170. The third-order valence-electron chi connectivity index (χ3n) is 7.62. The van der Waals surface area contributed by atoms with Gasteiger partial charge in [-0.2, -0.15) is 0 Å². The molecule has 0 aromatic carbocycles. The summed E-state index contributed by atoms with van der Waals surface area (Å²) in [6, 6.07) is -3.49. The number of carboxylic acid groups (broad SMARTS) is 2. The summed E-state index contributed by atoms with van der Waals surface area (Å²) in [5.41, 5.74) is 0.179. The van der Waals surface area contributed by atoms with Crippen LogP contribution in [0.4, 0.5) is 0 Å². The van der Waals surface area contributed by atoms with E-state index in [-0.39, 0.29) is 42.2 Å². The smallest absolute Gasteiger partial charge is 0.332 e. The van der Waals surface area contributed by atoms with E-state index < -0.39 is 60.1 Å². The molecule has 3 atom stereocenters. The van der Waals surface area contributed by atoms with Gasteiger partial charge in [0.05, 0.1) is 6.42 Å². The van der Waals surface area contributed by atoms with Gasteiger partial charge in [0, 0.05) is 17.7 Å². The van der Waals surface area contributed by atoms with Crippen LogP contribution in [0.25, 0.3) is 0 Å². The Morgan fingerprint density at radius 3 is 1.90 bits per heavy atom. The molecule has 0 aromatic rings. The summed E-state index contributed by atoms with van der Waals surface area (Å²) in [7, 11) is 0. The third-order valence-corrected chi connectivity index (χ3v) is 7.62. The van der Waals surface area contributed by atoms with Crippen LogP contribution in [0.5, 0.6) is 0 Å². The van der Waals surface area contributed by atoms with Crippen molar-refractivity contribution in [2.75, 3.05) is 6.54 Å². The summed E-state index contributed by atoms with van der Waals surface area (Å²) < 4.78 is 0. The van der Waals surface area contributed by atoms with Gasteiger partial charge < -0.3 is 31.5 Å². The monoisotopic (exact) mass is 578 g/mol. The predicted molar refractivity (Wildman–Crippen MR) is 151 cm³/mol. The van der Waals surface area contributed by atoms with Crippen LogP contribution in [0, 0.1) is 11.8 Å². The van der Waals surface area contributed by atoms with Crippen molar-refractivity contribution < 1.29 is 39.0 Å². The highest BCUT2D eigenvalue weighted by molar-refractivity contribution is 6.04. The van der Waals surface area contributed by atoms with Gasteiger partial charge in [-0.05, 0) is 57.3 Å². The van der Waals surface area contributed by atoms with Gasteiger partial charge >= 0.3 is 11.9 Å². The van der Waals surface area contributed by atoms with Crippen LogP contribution in [0.2, 0.25) is 0 Å². The number of aliphatic carboxylic acids is 2. The van der Waals surface area contributed by atoms with Crippen LogP contribution in [-0.4, -0.2) is 70.5 Å². The molecule has 0 spiro atoms. The van der Waals surface area contributed by atoms with Gasteiger partial charge in [-0.15, -0.1) is 0 Å². The topological polar surface area (TPSA) is 191 Å². The number of nitrogens with one attached hydrogen (secondary N) is 4. The molecule has 1 fully saturated rings. The molecule has 12 heteroatoms. The third kappa shape index (κ3) is 11.2. The van der Waals surface area contributed by atoms with E-state index in [4.69, 9.17) is 0 Å². The van der Waals surface area contributed by atoms with E-state index in [9.17, 15) is 39.0 Å². The fourth-order valence-electron chi connectivity index (χ4n) is 5.55. The van der Waals surface area contributed by atoms with Gasteiger partial charge in [-0.1, -0.05) is 46.0 Å². The summed E-state index contributed by atoms with van der Waals surface area (Å²) in [6.45, 7) is 5.85. The zero-order chi connectivity index (χ0) is 30.5. The molecule has 230 valence electrons. The molecule has 1 saturated carbocycles. The lowest BCUT2D eigenvalue weighted by molar-refractivity contribution is -0.141. The minimum atomic E-state index is -1.49. The van der Waals surface area contributed by atoms with Crippen LogP contribution in [-0.2, 0) is 28.8 Å². The van der Waals surface area contributed by atoms with Crippen LogP contribution < -0.4 is 21.3 Å². The Hall–Kier alpha value is -3.44. The number of carbonyl (C=O) groups is 6. The highest BCUT2D eigenvalue weighted by Crippen LogP contribution is 2.29. The average molecular weight is 579 g/mol. The number of carboxylic acids is 2. The zero-order valence-corrected chi connectivity index (χ0v) is 24.4. The highest BCUT2D eigenvalue weighted by Gasteiger charge is 2.34. The molecule has 0 radical (unpaired) electrons. The molecule has 12 nitrogen and oxygen atoms in total. The summed E-state index contributed by atoms with van der Waals surface area (Å²) in [6.07, 6.45) is 6.52. The van der Waals surface area contributed by atoms with E-state index in [1.165, 1.54) is 0 Å². The molecule has 0 unspecified atom stereocenters. The lowest BCUT2D eigenvalue weighted by Gasteiger charge is -2.29. The molecule has 0 aromatic heterocycles. The van der Waals surface area contributed by atoms with Gasteiger partial charge in [-0.25, -0.2) is 4.79 Å². The van der Waals surface area contributed by atoms with E-state index in [0.29, 0.717) is 25.8 Å². The number of carbonyl (C=O) groups excluding carboxylic acids is 4. The Labute approximate surface area is 241 Å². The van der Waals surface area contributed by atoms with Gasteiger partial charge in [-0.3, -0.25) is 24.0 Å². The summed E-state index contributed by atoms with van der Waals surface area (Å²) in [5, 5.41) is 29.5. The SMILES string of the molecule is CCNC(=O)[C@H](CC(C)C)NC(=O)[C@H](CC(=O)O)NC(=O)[C@H](CC1CCCCC1)NC(=O)C1=C(C(=O)O)CCCC1. The molecule has 6 N–H and O–H groups in total. The molecule has 0 bridgehead atoms. The first-order chi connectivity index (χ1) is 19.4. The Morgan fingerprint density at radius 2 is 1.34 bits per heavy atom. The second-order valence-corrected chi connectivity index (χ2v) is 11.5. The van der Waals surface area contributed by atoms with E-state index in [0.717, 1.165) is 32.1 Å². The van der Waals surface area contributed by atoms with E-state index >= 15 is 0 Å². The maximum Gasteiger partial charge on any atom is 0.332 e. The maximum atomic E-state index is 13.5. The molecule has 2 rings (SSSR count). The average Bonchev–Trinajstić information content (AvgIpc) is 2.92. The van der Waals surface area contributed by atoms with Crippen LogP contribution >= 0.6 is 0 Å². The second-order valence-electron chi connectivity index (χ2n) is 11.5. The molecule has 0 aliphatic heterocycles. The van der Waals surface area contributed by atoms with Crippen molar-refractivity contribution in [3.63, 3.8) is 0 Å². The number of likely N-dealkylation sites (N-methyl/N-ethyl adjacent to an activating group) is 1. The standard InChI is InChI=1S/C29H46N4O8/c1-4-30-26(37)21(14-17(2)3)32-28(39)23(16-24(34)35)33-27(38)22(15-18-10-6-5-7-11-18)31-25(36)19-12-8-9-13-20(19)29(40)41/h17-18,21-23H,4-16H2,1-3H3,(H,30,37)(H,31,36)(H,32,39)(H,33,38)(H,34,35)(H,40,41)/t21-,22-,23-/m0/s1. The summed E-state index contributed by atoms with van der Waals surface area (Å²) >= 11 is 0. The van der Waals surface area contributed by atoms with Crippen LogP contribution in [0.3, 0.4) is 0 Å². The van der Waals surface area contributed by atoms with Gasteiger partial charge in [0.25, 0.3) is 0 Å². The van der Waals surface area contributed by atoms with Gasteiger partial charge in [0.2, 0.25) is 23.6 Å². The van der Waals surface area contributed by atoms with E-state index in [1.807, 2.05) is 13.8 Å². The van der Waals surface area contributed by atoms with Crippen molar-refractivity contribution in [1.29, 1.82) is 0 Å². The lowest BCUT2D eigenvalue weighted by Crippen LogP contribution is -2.57. The number of hydrogen-bond acceptors (Lipinski definition) is 6. The Bertz CT molecular complexity index is 1000. The number of rotatable bonds is 15. The largest absolute Gasteiger partial charge is 0.481 e. The first-order valence-electron chi connectivity index (χ1n) is 14.8. The zero-order valence-electron chi connectivity index (χ0n) is 24.4. The minimum absolute atomic E-state index is 0.0373. The second kappa shape index (κ2) is 16.7. The molecule has 4 amide bonds. The predicted octanol–water partition coefficient (Wildman–Crippen LogP) is 2.02. The Balaban J connectivity index is 2.27. The number of hydrogen-bond donors (Lipinski definition) is 6. The molecular weight excluding hydrogens is 532 g/mol. The van der Waals surface area contributed by atoms with Crippen molar-refractivity contribution in [3.8, 4) is 0 Å². The fourth-order valence-corrected chi connectivity index (χ4v) is 5.55. The van der Waals surface area contributed by atoms with Crippen LogP contribution in [0.15, 0.2) is 11.1 Å². The van der Waals surface area contributed by atoms with Crippen LogP contribution in [0.1, 0.15) is 97.8 Å². The first kappa shape index (κ1) is 33.8. The van der Waals surface area contributed by atoms with Crippen molar-refractivity contribution >= 4 is 35.6 Å². The molecule has 0 heterocycles. The first-order valence-corrected chi connectivity index (χ1v) is 14.8. The minimum Gasteiger partial charge on any atom is -0.481 e. The van der Waals surface area contributed by atoms with Gasteiger partial charge in [0.1, 0.15) is 18.1 Å². The van der Waals surface area contributed by atoms with Gasteiger partial charge in [0.15, 0.2) is 0 Å². The van der Waals surface area contributed by atoms with Crippen molar-refractivity contribution in [2.45, 2.75) is 116 Å². The Kier molecular flexibility index (Phi) is 13.8. The van der Waals surface area contributed by atoms with Crippen molar-refractivity contribution in [2.24, 2.45) is 11.8 Å². The maximum absolute atomic E-state index is 13.5. The lowest BCUT2D eigenvalue weighted by atomic mass is 9.84. The van der Waals surface area contributed by atoms with E-state index in [1.54, 1.807) is 6.92 Å². The summed E-state index contributed by atoms with van der Waals surface area (Å²) in [4.78, 5) is 75.8. The normalized spacial score (nSPS) is 18.1. The van der Waals surface area contributed by atoms with Crippen molar-refractivity contribution in [3.05, 3.63) is 11.1 Å². The number of amides is 4.